The number of carbonyl (C=O) groups is 1. The average Bonchev–Trinajstić information content (AvgIpc) is 2.49. The van der Waals surface area contributed by atoms with Crippen LogP contribution in [0.5, 0.6) is 0 Å². The van der Waals surface area contributed by atoms with Crippen LogP contribution in [0.15, 0.2) is 29.0 Å². The quantitative estimate of drug-likeness (QED) is 0.616. The van der Waals surface area contributed by atoms with E-state index in [9.17, 15) is 9.90 Å². The minimum atomic E-state index is -0.0739. The Morgan fingerprint density at radius 3 is 3.17 bits per heavy atom. The number of aliphatic imine (C=N–C) groups is 1. The van der Waals surface area contributed by atoms with Crippen molar-refractivity contribution in [2.24, 2.45) is 4.99 Å². The van der Waals surface area contributed by atoms with Crippen molar-refractivity contribution in [3.8, 4) is 0 Å². The summed E-state index contributed by atoms with van der Waals surface area (Å²) in [5, 5.41) is 9.79. The van der Waals surface area contributed by atoms with Crippen LogP contribution < -0.4 is 0 Å². The lowest BCUT2D eigenvalue weighted by atomic mass is 10.1. The molecule has 62 valence electrons. The largest absolute Gasteiger partial charge is 0.511 e. The van der Waals surface area contributed by atoms with Crippen LogP contribution in [0.25, 0.3) is 0 Å². The van der Waals surface area contributed by atoms with Crippen LogP contribution in [0.4, 0.5) is 0 Å². The van der Waals surface area contributed by atoms with Gasteiger partial charge in [0.1, 0.15) is 10.8 Å². The molecule has 0 amide bonds. The van der Waals surface area contributed by atoms with Crippen molar-refractivity contribution in [1.82, 2.24) is 0 Å². The average molecular weight is 181 g/mol. The smallest absolute Gasteiger partial charge is 0.174 e. The number of hydrogen-bond donors (Lipinski definition) is 1. The summed E-state index contributed by atoms with van der Waals surface area (Å²) in [7, 11) is 0. The molecule has 0 saturated heterocycles. The van der Waals surface area contributed by atoms with Gasteiger partial charge in [-0.3, -0.25) is 9.79 Å². The maximum atomic E-state index is 10.4. The van der Waals surface area contributed by atoms with Gasteiger partial charge in [0.2, 0.25) is 0 Å². The van der Waals surface area contributed by atoms with Gasteiger partial charge in [0.05, 0.1) is 11.3 Å². The topological polar surface area (TPSA) is 49.7 Å². The first-order valence-corrected chi connectivity index (χ1v) is 4.46. The van der Waals surface area contributed by atoms with E-state index in [1.54, 1.807) is 12.2 Å². The van der Waals surface area contributed by atoms with E-state index >= 15 is 0 Å². The molecule has 0 spiro atoms. The predicted octanol–water partition coefficient (Wildman–Crippen LogP) is 1.08. The van der Waals surface area contributed by atoms with Crippen molar-refractivity contribution in [2.45, 2.75) is 11.3 Å². The van der Waals surface area contributed by atoms with Crippen LogP contribution in [0.1, 0.15) is 0 Å². The second-order valence-electron chi connectivity index (χ2n) is 2.59. The van der Waals surface area contributed by atoms with Crippen LogP contribution in [-0.4, -0.2) is 27.7 Å². The van der Waals surface area contributed by atoms with E-state index in [0.29, 0.717) is 10.8 Å². The van der Waals surface area contributed by atoms with Gasteiger partial charge in [0, 0.05) is 0 Å². The molecule has 1 aliphatic carbocycles. The first-order chi connectivity index (χ1) is 5.81. The van der Waals surface area contributed by atoms with Gasteiger partial charge >= 0.3 is 0 Å². The van der Waals surface area contributed by atoms with E-state index in [2.05, 4.69) is 4.99 Å². The van der Waals surface area contributed by atoms with E-state index in [4.69, 9.17) is 0 Å². The molecule has 1 aliphatic heterocycles. The predicted molar refractivity (Wildman–Crippen MR) is 48.5 cm³/mol. The Bertz CT molecular complexity index is 306. The fourth-order valence-electron chi connectivity index (χ4n) is 1.25. The molecule has 0 aromatic heterocycles. The number of aliphatic hydroxyl groups is 1. The zero-order valence-electron chi connectivity index (χ0n) is 6.18. The van der Waals surface area contributed by atoms with Gasteiger partial charge in [0.25, 0.3) is 0 Å². The molecule has 4 heteroatoms. The van der Waals surface area contributed by atoms with Crippen molar-refractivity contribution in [3.63, 3.8) is 0 Å². The highest BCUT2D eigenvalue weighted by atomic mass is 32.2. The molecule has 2 atom stereocenters. The van der Waals surface area contributed by atoms with Crippen molar-refractivity contribution >= 4 is 23.1 Å². The minimum absolute atomic E-state index is 0.0554. The van der Waals surface area contributed by atoms with Gasteiger partial charge in [-0.15, -0.1) is 0 Å². The van der Waals surface area contributed by atoms with Gasteiger partial charge in [0.15, 0.2) is 6.29 Å². The lowest BCUT2D eigenvalue weighted by Crippen LogP contribution is -2.19. The van der Waals surface area contributed by atoms with E-state index in [0.717, 1.165) is 6.29 Å². The molecule has 1 N–H and O–H groups in total. The number of rotatable bonds is 1. The van der Waals surface area contributed by atoms with Crippen LogP contribution in [-0.2, 0) is 4.79 Å². The zero-order valence-corrected chi connectivity index (χ0v) is 6.99. The third-order valence-corrected chi connectivity index (χ3v) is 3.02. The minimum Gasteiger partial charge on any atom is -0.511 e. The third kappa shape index (κ3) is 1.08. The van der Waals surface area contributed by atoms with Gasteiger partial charge < -0.3 is 5.11 Å². The van der Waals surface area contributed by atoms with Gasteiger partial charge in [-0.25, -0.2) is 0 Å². The Hall–Kier alpha value is -1.03. The van der Waals surface area contributed by atoms with Crippen LogP contribution in [0.2, 0.25) is 0 Å². The Kier molecular flexibility index (Phi) is 1.77. The molecular formula is C8H7NO2S. The molecule has 0 bridgehead atoms. The fourth-order valence-corrected chi connectivity index (χ4v) is 2.23. The molecular weight excluding hydrogens is 174 g/mol. The van der Waals surface area contributed by atoms with Gasteiger partial charge in [-0.1, -0.05) is 23.9 Å². The highest BCUT2D eigenvalue weighted by molar-refractivity contribution is 8.16. The number of thioether (sulfide) groups is 1. The summed E-state index contributed by atoms with van der Waals surface area (Å²) in [6, 6.07) is -0.0554. The summed E-state index contributed by atoms with van der Waals surface area (Å²) in [6.45, 7) is 0. The molecule has 12 heavy (non-hydrogen) atoms. The Morgan fingerprint density at radius 2 is 2.50 bits per heavy atom. The number of hydrogen-bond acceptors (Lipinski definition) is 4. The number of carbonyl (C=O) groups excluding carboxylic acids is 1. The van der Waals surface area contributed by atoms with Crippen molar-refractivity contribution in [2.75, 3.05) is 0 Å². The van der Waals surface area contributed by atoms with E-state index in [1.807, 2.05) is 6.08 Å². The normalized spacial score (nSPS) is 32.3. The SMILES string of the molecule is O=CC1=NC2C=CC=C(O)C2S1. The molecule has 1 heterocycles. The lowest BCUT2D eigenvalue weighted by molar-refractivity contribution is -0.102. The number of aliphatic hydroxyl groups excluding tert-OH is 1. The van der Waals surface area contributed by atoms with Crippen molar-refractivity contribution in [3.05, 3.63) is 24.0 Å². The molecule has 0 fully saturated rings. The lowest BCUT2D eigenvalue weighted by Gasteiger charge is -2.15. The fraction of sp³-hybridized carbons (Fsp3) is 0.250. The van der Waals surface area contributed by atoms with Crippen molar-refractivity contribution < 1.29 is 9.90 Å². The summed E-state index contributed by atoms with van der Waals surface area (Å²) in [4.78, 5) is 14.5. The molecule has 0 aromatic rings. The second-order valence-corrected chi connectivity index (χ2v) is 3.75. The van der Waals surface area contributed by atoms with Crippen LogP contribution in [0.3, 0.4) is 0 Å². The summed E-state index contributed by atoms with van der Waals surface area (Å²) in [5.74, 6) is 0.299. The van der Waals surface area contributed by atoms with E-state index in [1.165, 1.54) is 11.8 Å². The van der Waals surface area contributed by atoms with Gasteiger partial charge in [-0.2, -0.15) is 0 Å². The maximum absolute atomic E-state index is 10.4. The summed E-state index contributed by atoms with van der Waals surface area (Å²) in [6.07, 6.45) is 6.00. The molecule has 0 aromatic carbocycles. The Balaban J connectivity index is 2.26. The summed E-state index contributed by atoms with van der Waals surface area (Å²) < 4.78 is 0. The zero-order chi connectivity index (χ0) is 8.55. The second kappa shape index (κ2) is 2.79. The first kappa shape index (κ1) is 7.61. The summed E-state index contributed by atoms with van der Waals surface area (Å²) >= 11 is 1.32. The van der Waals surface area contributed by atoms with E-state index in [-0.39, 0.29) is 11.3 Å². The highest BCUT2D eigenvalue weighted by Gasteiger charge is 2.32. The first-order valence-electron chi connectivity index (χ1n) is 3.58. The number of allylic oxidation sites excluding steroid dienone is 2. The molecule has 0 saturated carbocycles. The number of fused-ring (bicyclic) bond motifs is 1. The monoisotopic (exact) mass is 181 g/mol. The van der Waals surface area contributed by atoms with E-state index < -0.39 is 0 Å². The third-order valence-electron chi connectivity index (χ3n) is 1.80. The van der Waals surface area contributed by atoms with Crippen molar-refractivity contribution in [1.29, 1.82) is 0 Å². The number of nitrogens with zero attached hydrogens (tertiary/aromatic N) is 1. The molecule has 3 nitrogen and oxygen atoms in total. The highest BCUT2D eigenvalue weighted by Crippen LogP contribution is 2.33. The molecule has 2 rings (SSSR count). The standard InChI is InChI=1S/C8H7NO2S/c10-4-7-9-5-2-1-3-6(11)8(5)12-7/h1-5,8,11H. The molecule has 0 radical (unpaired) electrons. The summed E-state index contributed by atoms with van der Waals surface area (Å²) in [5.41, 5.74) is 0. The number of aldehydes is 1. The van der Waals surface area contributed by atoms with Crippen LogP contribution >= 0.6 is 11.8 Å². The molecule has 2 unspecified atom stereocenters. The van der Waals surface area contributed by atoms with Gasteiger partial charge in [-0.05, 0) is 6.08 Å². The van der Waals surface area contributed by atoms with Crippen LogP contribution in [0, 0.1) is 0 Å². The Labute approximate surface area is 73.9 Å². The Morgan fingerprint density at radius 1 is 1.67 bits per heavy atom. The molecule has 2 aliphatic rings. The maximum Gasteiger partial charge on any atom is 0.174 e.